The van der Waals surface area contributed by atoms with Crippen LogP contribution >= 0.6 is 23.8 Å². The highest BCUT2D eigenvalue weighted by atomic mass is 35.5. The predicted molar refractivity (Wildman–Crippen MR) is 119 cm³/mol. The van der Waals surface area contributed by atoms with Crippen molar-refractivity contribution >= 4 is 40.5 Å². The van der Waals surface area contributed by atoms with Gasteiger partial charge in [-0.05, 0) is 61.5 Å². The molecule has 0 saturated heterocycles. The number of carbonyl (C=O) groups is 1. The van der Waals surface area contributed by atoms with Crippen molar-refractivity contribution in [1.82, 2.24) is 10.6 Å². The number of allylic oxidation sites excluding steroid dienone is 1. The van der Waals surface area contributed by atoms with E-state index >= 15 is 0 Å². The maximum Gasteiger partial charge on any atom is 0.387 e. The summed E-state index contributed by atoms with van der Waals surface area (Å²) in [6.45, 7) is 0.596. The molecule has 164 valence electrons. The number of nitrogens with one attached hydrogen (secondary N) is 3. The van der Waals surface area contributed by atoms with Gasteiger partial charge in [-0.2, -0.15) is 8.78 Å². The summed E-state index contributed by atoms with van der Waals surface area (Å²) in [5.41, 5.74) is 2.92. The Balaban J connectivity index is 1.96. The standard InChI is InChI=1S/C21H20ClF2N3O3S/c1-10-4-6-13(9-14(10)22)26-19(28)17-11(2)25-21(31)27-18(17)12-5-7-15(30-20(23)24)16(8-12)29-3/h4-9,18,20H,1-3H3,(H,26,28)(H2,25,27,31). The molecular formula is C21H20ClF2N3O3S. The van der Waals surface area contributed by atoms with Crippen molar-refractivity contribution in [2.45, 2.75) is 26.5 Å². The number of methoxy groups -OCH3 is 1. The Morgan fingerprint density at radius 1 is 1.19 bits per heavy atom. The molecule has 0 radical (unpaired) electrons. The van der Waals surface area contributed by atoms with Gasteiger partial charge in [0.15, 0.2) is 16.6 Å². The smallest absolute Gasteiger partial charge is 0.387 e. The first kappa shape index (κ1) is 22.8. The molecule has 0 aliphatic carbocycles. The fourth-order valence-electron chi connectivity index (χ4n) is 3.17. The summed E-state index contributed by atoms with van der Waals surface area (Å²) in [7, 11) is 1.34. The van der Waals surface area contributed by atoms with Gasteiger partial charge in [0.1, 0.15) is 0 Å². The number of rotatable bonds is 6. The molecule has 1 aliphatic rings. The molecule has 31 heavy (non-hydrogen) atoms. The Labute approximate surface area is 188 Å². The first-order chi connectivity index (χ1) is 14.7. The summed E-state index contributed by atoms with van der Waals surface area (Å²) in [6, 6.07) is 9.00. The minimum atomic E-state index is -2.99. The summed E-state index contributed by atoms with van der Waals surface area (Å²) in [4.78, 5) is 13.1. The lowest BCUT2D eigenvalue weighted by atomic mass is 9.94. The third-order valence-electron chi connectivity index (χ3n) is 4.68. The zero-order valence-corrected chi connectivity index (χ0v) is 18.5. The van der Waals surface area contributed by atoms with E-state index in [0.29, 0.717) is 32.7 Å². The van der Waals surface area contributed by atoms with E-state index in [1.54, 1.807) is 31.2 Å². The molecule has 3 N–H and O–H groups in total. The number of hydrogen-bond acceptors (Lipinski definition) is 4. The summed E-state index contributed by atoms with van der Waals surface area (Å²) in [6.07, 6.45) is 0. The van der Waals surface area contributed by atoms with Crippen LogP contribution in [-0.4, -0.2) is 24.7 Å². The third kappa shape index (κ3) is 5.23. The van der Waals surface area contributed by atoms with Crippen LogP contribution in [0.5, 0.6) is 11.5 Å². The molecule has 1 heterocycles. The molecule has 0 bridgehead atoms. The molecule has 6 nitrogen and oxygen atoms in total. The first-order valence-electron chi connectivity index (χ1n) is 9.18. The van der Waals surface area contributed by atoms with Gasteiger partial charge in [-0.25, -0.2) is 0 Å². The highest BCUT2D eigenvalue weighted by Gasteiger charge is 2.31. The number of aryl methyl sites for hydroxylation is 1. The number of anilines is 1. The summed E-state index contributed by atoms with van der Waals surface area (Å²) in [5, 5.41) is 9.67. The third-order valence-corrected chi connectivity index (χ3v) is 5.31. The quantitative estimate of drug-likeness (QED) is 0.535. The molecule has 0 saturated carbocycles. The Kier molecular flexibility index (Phi) is 6.97. The molecule has 1 unspecified atom stereocenters. The van der Waals surface area contributed by atoms with Crippen LogP contribution in [0.4, 0.5) is 14.5 Å². The molecule has 3 rings (SSSR count). The molecule has 1 atom stereocenters. The van der Waals surface area contributed by atoms with Crippen LogP contribution < -0.4 is 25.4 Å². The predicted octanol–water partition coefficient (Wildman–Crippen LogP) is 4.69. The summed E-state index contributed by atoms with van der Waals surface area (Å²) in [5.74, 6) is -0.387. The Morgan fingerprint density at radius 2 is 1.94 bits per heavy atom. The van der Waals surface area contributed by atoms with Gasteiger partial charge in [-0.3, -0.25) is 4.79 Å². The number of carbonyl (C=O) groups excluding carboxylic acids is 1. The number of halogens is 3. The van der Waals surface area contributed by atoms with Crippen LogP contribution in [0.15, 0.2) is 47.7 Å². The number of ether oxygens (including phenoxy) is 2. The van der Waals surface area contributed by atoms with Crippen molar-refractivity contribution < 1.29 is 23.0 Å². The van der Waals surface area contributed by atoms with Crippen molar-refractivity contribution in [2.24, 2.45) is 0 Å². The van der Waals surface area contributed by atoms with E-state index in [2.05, 4.69) is 20.7 Å². The van der Waals surface area contributed by atoms with Crippen LogP contribution in [0.2, 0.25) is 5.02 Å². The van der Waals surface area contributed by atoms with Crippen LogP contribution in [0.3, 0.4) is 0 Å². The fourth-order valence-corrected chi connectivity index (χ4v) is 3.62. The van der Waals surface area contributed by atoms with Gasteiger partial charge in [0.05, 0.1) is 18.7 Å². The van der Waals surface area contributed by atoms with Crippen LogP contribution in [0.25, 0.3) is 0 Å². The Morgan fingerprint density at radius 3 is 2.58 bits per heavy atom. The van der Waals surface area contributed by atoms with E-state index in [-0.39, 0.29) is 17.4 Å². The minimum Gasteiger partial charge on any atom is -0.493 e. The lowest BCUT2D eigenvalue weighted by molar-refractivity contribution is -0.113. The molecule has 2 aromatic carbocycles. The number of thiocarbonyl (C=S) groups is 1. The van der Waals surface area contributed by atoms with E-state index in [0.717, 1.165) is 5.56 Å². The molecule has 2 aromatic rings. The topological polar surface area (TPSA) is 71.6 Å². The average Bonchev–Trinajstić information content (AvgIpc) is 2.70. The van der Waals surface area contributed by atoms with Gasteiger partial charge in [0.2, 0.25) is 0 Å². The lowest BCUT2D eigenvalue weighted by Gasteiger charge is -2.30. The van der Waals surface area contributed by atoms with Crippen LogP contribution in [-0.2, 0) is 4.79 Å². The zero-order valence-electron chi connectivity index (χ0n) is 16.9. The van der Waals surface area contributed by atoms with Crippen molar-refractivity contribution in [3.05, 3.63) is 63.8 Å². The zero-order chi connectivity index (χ0) is 22.7. The second kappa shape index (κ2) is 9.49. The van der Waals surface area contributed by atoms with Gasteiger partial charge in [0, 0.05) is 16.4 Å². The minimum absolute atomic E-state index is 0.103. The highest BCUT2D eigenvalue weighted by molar-refractivity contribution is 7.80. The average molecular weight is 468 g/mol. The monoisotopic (exact) mass is 467 g/mol. The Bertz CT molecular complexity index is 1060. The molecule has 0 fully saturated rings. The van der Waals surface area contributed by atoms with Gasteiger partial charge < -0.3 is 25.4 Å². The van der Waals surface area contributed by atoms with Gasteiger partial charge in [-0.15, -0.1) is 0 Å². The highest BCUT2D eigenvalue weighted by Crippen LogP contribution is 2.35. The van der Waals surface area contributed by atoms with E-state index in [4.69, 9.17) is 28.6 Å². The molecule has 0 aromatic heterocycles. The van der Waals surface area contributed by atoms with E-state index < -0.39 is 12.7 Å². The first-order valence-corrected chi connectivity index (χ1v) is 9.96. The maximum atomic E-state index is 13.1. The second-order valence-electron chi connectivity index (χ2n) is 6.78. The van der Waals surface area contributed by atoms with E-state index in [1.165, 1.54) is 19.2 Å². The van der Waals surface area contributed by atoms with E-state index in [9.17, 15) is 13.6 Å². The van der Waals surface area contributed by atoms with Gasteiger partial charge >= 0.3 is 6.61 Å². The van der Waals surface area contributed by atoms with Crippen LogP contribution in [0.1, 0.15) is 24.1 Å². The maximum absolute atomic E-state index is 13.1. The number of hydrogen-bond donors (Lipinski definition) is 3. The SMILES string of the molecule is COc1cc(C2NC(=S)NC(C)=C2C(=O)Nc2ccc(C)c(Cl)c2)ccc1OC(F)F. The molecule has 1 aliphatic heterocycles. The second-order valence-corrected chi connectivity index (χ2v) is 7.59. The van der Waals surface area contributed by atoms with Crippen molar-refractivity contribution in [2.75, 3.05) is 12.4 Å². The Hall–Kier alpha value is -2.91. The summed E-state index contributed by atoms with van der Waals surface area (Å²) < 4.78 is 34.9. The largest absolute Gasteiger partial charge is 0.493 e. The molecule has 1 amide bonds. The number of benzene rings is 2. The molecule has 0 spiro atoms. The van der Waals surface area contributed by atoms with Gasteiger partial charge in [-0.1, -0.05) is 23.7 Å². The summed E-state index contributed by atoms with van der Waals surface area (Å²) >= 11 is 11.4. The fraction of sp³-hybridized carbons (Fsp3) is 0.238. The number of amides is 1. The molecule has 10 heteroatoms. The van der Waals surface area contributed by atoms with Crippen molar-refractivity contribution in [3.63, 3.8) is 0 Å². The lowest BCUT2D eigenvalue weighted by Crippen LogP contribution is -2.45. The van der Waals surface area contributed by atoms with Crippen LogP contribution in [0, 0.1) is 6.92 Å². The van der Waals surface area contributed by atoms with Crippen molar-refractivity contribution in [1.29, 1.82) is 0 Å². The molecular weight excluding hydrogens is 448 g/mol. The number of alkyl halides is 2. The van der Waals surface area contributed by atoms with E-state index in [1.807, 2.05) is 6.92 Å². The van der Waals surface area contributed by atoms with Gasteiger partial charge in [0.25, 0.3) is 5.91 Å². The normalized spacial score (nSPS) is 16.0. The van der Waals surface area contributed by atoms with Crippen molar-refractivity contribution in [3.8, 4) is 11.5 Å².